The molecule has 1 saturated heterocycles. The number of nitro groups is 1. The highest BCUT2D eigenvalue weighted by molar-refractivity contribution is 6.22. The van der Waals surface area contributed by atoms with Crippen LogP contribution in [0.1, 0.15) is 52.5 Å². The van der Waals surface area contributed by atoms with Gasteiger partial charge in [-0.3, -0.25) is 29.4 Å². The molecule has 4 aromatic rings. The highest BCUT2D eigenvalue weighted by Gasteiger charge is 2.49. The first-order valence-electron chi connectivity index (χ1n) is 14.5. The molecule has 6 rings (SSSR count). The molecule has 2 heterocycles. The van der Waals surface area contributed by atoms with Crippen molar-refractivity contribution >= 4 is 45.8 Å². The van der Waals surface area contributed by atoms with Crippen molar-refractivity contribution in [2.24, 2.45) is 17.8 Å². The largest absolute Gasteiger partial charge is 0.454 e. The molecule has 3 unspecified atom stereocenters. The van der Waals surface area contributed by atoms with Crippen molar-refractivity contribution in [3.8, 4) is 11.3 Å². The molecule has 10 nitrogen and oxygen atoms in total. The molecule has 0 N–H and O–H groups in total. The summed E-state index contributed by atoms with van der Waals surface area (Å²) in [6.45, 7) is 3.09. The third-order valence-corrected chi connectivity index (χ3v) is 8.61. The van der Waals surface area contributed by atoms with E-state index in [0.717, 1.165) is 19.3 Å². The van der Waals surface area contributed by atoms with E-state index in [1.807, 2.05) is 0 Å². The van der Waals surface area contributed by atoms with Crippen LogP contribution >= 0.6 is 0 Å². The van der Waals surface area contributed by atoms with Crippen molar-refractivity contribution < 1.29 is 28.8 Å². The number of aromatic nitrogens is 1. The summed E-state index contributed by atoms with van der Waals surface area (Å²) >= 11 is 0. The average Bonchev–Trinajstić information content (AvgIpc) is 3.27. The number of ketones is 1. The van der Waals surface area contributed by atoms with Gasteiger partial charge in [0.05, 0.1) is 39.2 Å². The third kappa shape index (κ3) is 5.23. The van der Waals surface area contributed by atoms with E-state index in [9.17, 15) is 29.3 Å². The number of rotatable bonds is 7. The predicted molar refractivity (Wildman–Crippen MR) is 162 cm³/mol. The van der Waals surface area contributed by atoms with Crippen LogP contribution in [-0.4, -0.2) is 40.1 Å². The number of benzene rings is 3. The summed E-state index contributed by atoms with van der Waals surface area (Å²) in [6, 6.07) is 19.6. The number of Topliss-reactive ketones (excluding diaryl/α,β-unsaturated/α-hetero) is 1. The minimum atomic E-state index is -0.749. The number of ether oxygens (including phenoxy) is 1. The number of fused-ring (bicyclic) bond motifs is 2. The van der Waals surface area contributed by atoms with Crippen LogP contribution < -0.4 is 4.90 Å². The fourth-order valence-corrected chi connectivity index (χ4v) is 6.19. The van der Waals surface area contributed by atoms with Crippen LogP contribution in [0.5, 0.6) is 0 Å². The summed E-state index contributed by atoms with van der Waals surface area (Å²) in [5.74, 6) is -1.74. The van der Waals surface area contributed by atoms with Gasteiger partial charge in [-0.2, -0.15) is 0 Å². The van der Waals surface area contributed by atoms with Gasteiger partial charge < -0.3 is 4.74 Å². The van der Waals surface area contributed by atoms with Crippen molar-refractivity contribution in [3.63, 3.8) is 0 Å². The molecular weight excluding hydrogens is 562 g/mol. The van der Waals surface area contributed by atoms with E-state index in [1.165, 1.54) is 23.1 Å². The number of anilines is 1. The van der Waals surface area contributed by atoms with E-state index < -0.39 is 23.3 Å². The molecule has 1 aromatic heterocycles. The molecule has 1 aliphatic heterocycles. The van der Waals surface area contributed by atoms with Gasteiger partial charge in [-0.1, -0.05) is 49.4 Å². The molecule has 3 aromatic carbocycles. The molecule has 0 radical (unpaired) electrons. The normalized spacial score (nSPS) is 19.6. The Morgan fingerprint density at radius 3 is 2.45 bits per heavy atom. The molecule has 2 fully saturated rings. The Kier molecular flexibility index (Phi) is 7.50. The van der Waals surface area contributed by atoms with Crippen molar-refractivity contribution in [3.05, 3.63) is 99.6 Å². The van der Waals surface area contributed by atoms with Crippen LogP contribution in [0.15, 0.2) is 72.8 Å². The van der Waals surface area contributed by atoms with E-state index in [2.05, 4.69) is 6.92 Å². The van der Waals surface area contributed by atoms with Gasteiger partial charge in [-0.05, 0) is 56.4 Å². The zero-order chi connectivity index (χ0) is 31.1. The number of nitro benzene ring substituents is 1. The Morgan fingerprint density at radius 2 is 1.70 bits per heavy atom. The Labute approximate surface area is 252 Å². The predicted octanol–water partition coefficient (Wildman–Crippen LogP) is 6.08. The smallest absolute Gasteiger partial charge is 0.339 e. The first kappa shape index (κ1) is 28.9. The quantitative estimate of drug-likeness (QED) is 0.0829. The third-order valence-electron chi connectivity index (χ3n) is 8.61. The summed E-state index contributed by atoms with van der Waals surface area (Å²) in [6.07, 6.45) is 2.38. The average molecular weight is 592 g/mol. The monoisotopic (exact) mass is 591 g/mol. The lowest BCUT2D eigenvalue weighted by Gasteiger charge is -2.25. The molecule has 222 valence electrons. The number of amides is 2. The number of carbonyl (C=O) groups excluding carboxylic acids is 4. The van der Waals surface area contributed by atoms with Gasteiger partial charge in [0.25, 0.3) is 5.69 Å². The topological polar surface area (TPSA) is 137 Å². The first-order valence-corrected chi connectivity index (χ1v) is 14.5. The Balaban J connectivity index is 1.24. The zero-order valence-electron chi connectivity index (χ0n) is 24.2. The van der Waals surface area contributed by atoms with Gasteiger partial charge in [0.15, 0.2) is 6.61 Å². The molecule has 0 spiro atoms. The molecule has 2 aliphatic rings. The summed E-state index contributed by atoms with van der Waals surface area (Å²) in [4.78, 5) is 69.0. The number of aryl methyl sites for hydroxylation is 1. The number of carbonyl (C=O) groups is 4. The van der Waals surface area contributed by atoms with Crippen LogP contribution in [-0.2, 0) is 14.3 Å². The van der Waals surface area contributed by atoms with Crippen LogP contribution in [0, 0.1) is 34.8 Å². The SMILES string of the molecule is Cc1ccc(C(=O)COC(=O)c2cc(-c3ccc(N4C(=O)C5CCC(C)CC5C4=O)cc3)nc3ccccc23)cc1[N+](=O)[O-]. The molecule has 1 saturated carbocycles. The molecule has 0 bridgehead atoms. The van der Waals surface area contributed by atoms with Crippen molar-refractivity contribution in [2.75, 3.05) is 11.5 Å². The number of pyridine rings is 1. The number of hydrogen-bond donors (Lipinski definition) is 0. The van der Waals surface area contributed by atoms with Gasteiger partial charge in [0.1, 0.15) is 0 Å². The minimum Gasteiger partial charge on any atom is -0.454 e. The maximum Gasteiger partial charge on any atom is 0.339 e. The fourth-order valence-electron chi connectivity index (χ4n) is 6.19. The lowest BCUT2D eigenvalue weighted by Crippen LogP contribution is -2.30. The maximum atomic E-state index is 13.3. The molecule has 3 atom stereocenters. The van der Waals surface area contributed by atoms with Gasteiger partial charge in [0, 0.05) is 28.1 Å². The molecule has 10 heteroatoms. The summed E-state index contributed by atoms with van der Waals surface area (Å²) in [5.41, 5.74) is 2.64. The Hall–Kier alpha value is -5.25. The molecule has 1 aliphatic carbocycles. The van der Waals surface area contributed by atoms with Gasteiger partial charge in [-0.15, -0.1) is 0 Å². The number of nitrogens with zero attached hydrogens (tertiary/aromatic N) is 3. The van der Waals surface area contributed by atoms with Crippen LogP contribution in [0.2, 0.25) is 0 Å². The number of imide groups is 1. The van der Waals surface area contributed by atoms with Crippen LogP contribution in [0.25, 0.3) is 22.2 Å². The van der Waals surface area contributed by atoms with E-state index >= 15 is 0 Å². The second-order valence-corrected chi connectivity index (χ2v) is 11.5. The first-order chi connectivity index (χ1) is 21.1. The minimum absolute atomic E-state index is 0.0687. The van der Waals surface area contributed by atoms with Gasteiger partial charge >= 0.3 is 5.97 Å². The Bertz CT molecular complexity index is 1850. The number of esters is 1. The second kappa shape index (κ2) is 11.4. The lowest BCUT2D eigenvalue weighted by atomic mass is 9.76. The van der Waals surface area contributed by atoms with Gasteiger partial charge in [0.2, 0.25) is 17.6 Å². The van der Waals surface area contributed by atoms with Crippen LogP contribution in [0.4, 0.5) is 11.4 Å². The van der Waals surface area contributed by atoms with Crippen molar-refractivity contribution in [1.29, 1.82) is 0 Å². The highest BCUT2D eigenvalue weighted by Crippen LogP contribution is 2.42. The maximum absolute atomic E-state index is 13.3. The van der Waals surface area contributed by atoms with E-state index in [-0.39, 0.29) is 40.5 Å². The van der Waals surface area contributed by atoms with Crippen molar-refractivity contribution in [2.45, 2.75) is 33.1 Å². The highest BCUT2D eigenvalue weighted by atomic mass is 16.6. The van der Waals surface area contributed by atoms with Gasteiger partial charge in [-0.25, -0.2) is 9.78 Å². The zero-order valence-corrected chi connectivity index (χ0v) is 24.2. The molecule has 2 amide bonds. The fraction of sp³-hybridized carbons (Fsp3) is 0.265. The van der Waals surface area contributed by atoms with Crippen molar-refractivity contribution in [1.82, 2.24) is 4.98 Å². The standard InChI is InChI=1S/C34H29N3O7/c1-19-7-14-25-26(15-19)33(40)36(32(25)39)23-12-10-21(11-13-23)29-17-27(24-5-3-4-6-28(24)35-29)34(41)44-18-31(38)22-9-8-20(2)30(16-22)37(42)43/h3-6,8-13,16-17,19,25-26H,7,14-15,18H2,1-2H3. The molecular formula is C34H29N3O7. The lowest BCUT2D eigenvalue weighted by molar-refractivity contribution is -0.385. The number of hydrogen-bond acceptors (Lipinski definition) is 8. The van der Waals surface area contributed by atoms with E-state index in [0.29, 0.717) is 39.3 Å². The second-order valence-electron chi connectivity index (χ2n) is 11.5. The van der Waals surface area contributed by atoms with E-state index in [4.69, 9.17) is 9.72 Å². The van der Waals surface area contributed by atoms with Crippen LogP contribution in [0.3, 0.4) is 0 Å². The number of para-hydroxylation sites is 1. The van der Waals surface area contributed by atoms with E-state index in [1.54, 1.807) is 61.5 Å². The summed E-state index contributed by atoms with van der Waals surface area (Å²) in [7, 11) is 0. The Morgan fingerprint density at radius 1 is 0.977 bits per heavy atom. The summed E-state index contributed by atoms with van der Waals surface area (Å²) < 4.78 is 5.37. The molecule has 44 heavy (non-hydrogen) atoms. The summed E-state index contributed by atoms with van der Waals surface area (Å²) in [5, 5.41) is 11.8.